The molecule has 1 N–H and O–H groups in total. The Morgan fingerprint density at radius 3 is 2.03 bits per heavy atom. The lowest BCUT2D eigenvalue weighted by molar-refractivity contribution is -0.128. The molecule has 30 heavy (non-hydrogen) atoms. The van der Waals surface area contributed by atoms with Gasteiger partial charge in [0.25, 0.3) is 5.91 Å². The van der Waals surface area contributed by atoms with E-state index in [1.54, 1.807) is 0 Å². The Balaban J connectivity index is 1.48. The standard InChI is InChI=1S/C27H40N2O/c30-27-25-20-14-13-19-24(25)26(29(27)21-22-15-9-8-10-16-22)28-23-17-11-6-4-2-1-3-5-7-12-18-23/h8-10,15-16,23,26,28H,1-7,11-14,17-21H2/t26-/m0/s1. The van der Waals surface area contributed by atoms with Crippen molar-refractivity contribution in [1.82, 2.24) is 10.2 Å². The van der Waals surface area contributed by atoms with Crippen LogP contribution in [0.5, 0.6) is 0 Å². The highest BCUT2D eigenvalue weighted by atomic mass is 16.2. The van der Waals surface area contributed by atoms with E-state index >= 15 is 0 Å². The lowest BCUT2D eigenvalue weighted by Crippen LogP contribution is -2.49. The zero-order valence-corrected chi connectivity index (χ0v) is 18.7. The monoisotopic (exact) mass is 408 g/mol. The van der Waals surface area contributed by atoms with Gasteiger partial charge in [0.1, 0.15) is 6.17 Å². The van der Waals surface area contributed by atoms with Crippen molar-refractivity contribution in [3.05, 3.63) is 47.0 Å². The Labute approximate surface area is 183 Å². The molecular formula is C27H40N2O. The van der Waals surface area contributed by atoms with Crippen LogP contribution in [0.2, 0.25) is 0 Å². The average molecular weight is 409 g/mol. The van der Waals surface area contributed by atoms with Gasteiger partial charge in [0.05, 0.1) is 0 Å². The normalized spacial score (nSPS) is 25.0. The molecule has 0 radical (unpaired) electrons. The largest absolute Gasteiger partial charge is 0.315 e. The highest BCUT2D eigenvalue weighted by Gasteiger charge is 2.40. The van der Waals surface area contributed by atoms with Crippen LogP contribution in [0.25, 0.3) is 0 Å². The van der Waals surface area contributed by atoms with E-state index < -0.39 is 0 Å². The van der Waals surface area contributed by atoms with Crippen LogP contribution in [0.4, 0.5) is 0 Å². The van der Waals surface area contributed by atoms with E-state index in [1.165, 1.54) is 94.6 Å². The number of nitrogens with one attached hydrogen (secondary N) is 1. The summed E-state index contributed by atoms with van der Waals surface area (Å²) >= 11 is 0. The molecule has 1 aromatic carbocycles. The number of nitrogens with zero attached hydrogens (tertiary/aromatic N) is 1. The molecule has 0 saturated heterocycles. The molecular weight excluding hydrogens is 368 g/mol. The maximum atomic E-state index is 13.3. The minimum atomic E-state index is 0.117. The number of carbonyl (C=O) groups excluding carboxylic acids is 1. The summed E-state index contributed by atoms with van der Waals surface area (Å²) in [5, 5.41) is 4.02. The van der Waals surface area contributed by atoms with Gasteiger partial charge in [0.2, 0.25) is 0 Å². The van der Waals surface area contributed by atoms with E-state index in [1.807, 2.05) is 0 Å². The molecule has 2 aliphatic carbocycles. The molecule has 164 valence electrons. The maximum Gasteiger partial charge on any atom is 0.251 e. The van der Waals surface area contributed by atoms with Crippen LogP contribution in [0.15, 0.2) is 41.5 Å². The van der Waals surface area contributed by atoms with Crippen molar-refractivity contribution in [2.24, 2.45) is 0 Å². The number of hydrogen-bond donors (Lipinski definition) is 1. The van der Waals surface area contributed by atoms with Crippen molar-refractivity contribution >= 4 is 5.91 Å². The van der Waals surface area contributed by atoms with Crippen molar-refractivity contribution in [3.63, 3.8) is 0 Å². The van der Waals surface area contributed by atoms with Gasteiger partial charge in [0.15, 0.2) is 0 Å². The number of hydrogen-bond acceptors (Lipinski definition) is 2. The maximum absolute atomic E-state index is 13.3. The van der Waals surface area contributed by atoms with Gasteiger partial charge in [-0.1, -0.05) is 88.1 Å². The Bertz CT molecular complexity index is 699. The highest BCUT2D eigenvalue weighted by Crippen LogP contribution is 2.37. The molecule has 1 heterocycles. The number of benzene rings is 1. The van der Waals surface area contributed by atoms with E-state index in [0.717, 1.165) is 25.0 Å². The van der Waals surface area contributed by atoms with Crippen molar-refractivity contribution in [2.45, 2.75) is 115 Å². The summed E-state index contributed by atoms with van der Waals surface area (Å²) in [5.41, 5.74) is 3.77. The predicted molar refractivity (Wildman–Crippen MR) is 124 cm³/mol. The van der Waals surface area contributed by atoms with Gasteiger partial charge in [0, 0.05) is 18.2 Å². The molecule has 1 amide bonds. The van der Waals surface area contributed by atoms with Gasteiger partial charge in [-0.2, -0.15) is 0 Å². The lowest BCUT2D eigenvalue weighted by atomic mass is 9.91. The molecule has 1 aliphatic heterocycles. The van der Waals surface area contributed by atoms with Gasteiger partial charge in [-0.05, 0) is 49.7 Å². The van der Waals surface area contributed by atoms with E-state index in [9.17, 15) is 4.79 Å². The molecule has 0 unspecified atom stereocenters. The van der Waals surface area contributed by atoms with Crippen molar-refractivity contribution in [1.29, 1.82) is 0 Å². The molecule has 0 spiro atoms. The van der Waals surface area contributed by atoms with E-state index in [-0.39, 0.29) is 6.17 Å². The summed E-state index contributed by atoms with van der Waals surface area (Å²) in [4.78, 5) is 15.5. The van der Waals surface area contributed by atoms with Crippen LogP contribution in [-0.4, -0.2) is 23.0 Å². The van der Waals surface area contributed by atoms with Gasteiger partial charge < -0.3 is 4.90 Å². The van der Waals surface area contributed by atoms with Gasteiger partial charge in [-0.3, -0.25) is 10.1 Å². The number of amides is 1. The Kier molecular flexibility index (Phi) is 8.02. The Morgan fingerprint density at radius 2 is 1.37 bits per heavy atom. The van der Waals surface area contributed by atoms with Gasteiger partial charge in [-0.15, -0.1) is 0 Å². The first-order valence-electron chi connectivity index (χ1n) is 12.7. The van der Waals surface area contributed by atoms with Crippen molar-refractivity contribution < 1.29 is 4.79 Å². The second-order valence-electron chi connectivity index (χ2n) is 9.66. The fourth-order valence-electron chi connectivity index (χ4n) is 5.64. The third-order valence-electron chi connectivity index (χ3n) is 7.37. The first-order valence-corrected chi connectivity index (χ1v) is 12.7. The minimum Gasteiger partial charge on any atom is -0.315 e. The zero-order valence-electron chi connectivity index (χ0n) is 18.7. The summed E-state index contributed by atoms with van der Waals surface area (Å²) in [6.07, 6.45) is 19.5. The molecule has 4 rings (SSSR count). The van der Waals surface area contributed by atoms with Crippen LogP contribution < -0.4 is 5.32 Å². The summed E-state index contributed by atoms with van der Waals surface area (Å²) < 4.78 is 0. The first-order chi connectivity index (χ1) is 14.8. The SMILES string of the molecule is O=C1C2=C(CCCC2)[C@@H](NC2CCCCCCCCCCC2)N1Cc1ccccc1. The quantitative estimate of drug-likeness (QED) is 0.617. The third kappa shape index (κ3) is 5.55. The molecule has 3 nitrogen and oxygen atoms in total. The van der Waals surface area contributed by atoms with Crippen LogP contribution in [-0.2, 0) is 11.3 Å². The number of rotatable bonds is 4. The van der Waals surface area contributed by atoms with E-state index in [2.05, 4.69) is 40.5 Å². The molecule has 3 aliphatic rings. The first kappa shape index (κ1) is 21.6. The second-order valence-corrected chi connectivity index (χ2v) is 9.66. The van der Waals surface area contributed by atoms with E-state index in [4.69, 9.17) is 0 Å². The summed E-state index contributed by atoms with van der Waals surface area (Å²) in [7, 11) is 0. The Morgan fingerprint density at radius 1 is 0.767 bits per heavy atom. The summed E-state index contributed by atoms with van der Waals surface area (Å²) in [6.45, 7) is 0.719. The van der Waals surface area contributed by atoms with Crippen molar-refractivity contribution in [2.75, 3.05) is 0 Å². The molecule has 3 heteroatoms. The third-order valence-corrected chi connectivity index (χ3v) is 7.37. The van der Waals surface area contributed by atoms with Crippen molar-refractivity contribution in [3.8, 4) is 0 Å². The fourth-order valence-corrected chi connectivity index (χ4v) is 5.64. The smallest absolute Gasteiger partial charge is 0.251 e. The van der Waals surface area contributed by atoms with Gasteiger partial charge in [-0.25, -0.2) is 0 Å². The lowest BCUT2D eigenvalue weighted by Gasteiger charge is -2.32. The molecule has 1 atom stereocenters. The highest BCUT2D eigenvalue weighted by molar-refractivity contribution is 5.97. The van der Waals surface area contributed by atoms with Crippen LogP contribution >= 0.6 is 0 Å². The fraction of sp³-hybridized carbons (Fsp3) is 0.667. The average Bonchev–Trinajstić information content (AvgIpc) is 3.02. The molecule has 0 aromatic heterocycles. The zero-order chi connectivity index (χ0) is 20.6. The molecule has 1 aromatic rings. The van der Waals surface area contributed by atoms with E-state index in [0.29, 0.717) is 11.9 Å². The molecule has 1 fully saturated rings. The summed E-state index contributed by atoms with van der Waals surface area (Å²) in [5.74, 6) is 0.291. The predicted octanol–water partition coefficient (Wildman–Crippen LogP) is 6.49. The summed E-state index contributed by atoms with van der Waals surface area (Å²) in [6, 6.07) is 11.1. The minimum absolute atomic E-state index is 0.117. The van der Waals surface area contributed by atoms with Crippen LogP contribution in [0.1, 0.15) is 102 Å². The number of carbonyl (C=O) groups is 1. The van der Waals surface area contributed by atoms with Crippen LogP contribution in [0, 0.1) is 0 Å². The van der Waals surface area contributed by atoms with Gasteiger partial charge >= 0.3 is 0 Å². The topological polar surface area (TPSA) is 32.3 Å². The molecule has 0 bridgehead atoms. The Hall–Kier alpha value is -1.61. The van der Waals surface area contributed by atoms with Crippen LogP contribution in [0.3, 0.4) is 0 Å². The molecule has 1 saturated carbocycles. The second kappa shape index (κ2) is 11.1.